The molecule has 0 radical (unpaired) electrons. The molecule has 0 aliphatic carbocycles. The minimum absolute atomic E-state index is 0.131. The maximum Gasteiger partial charge on any atom is 0.315 e. The molecule has 0 saturated carbocycles. The molecule has 0 bridgehead atoms. The van der Waals surface area contributed by atoms with E-state index in [1.54, 1.807) is 30.5 Å². The van der Waals surface area contributed by atoms with Gasteiger partial charge in [0, 0.05) is 31.4 Å². The third kappa shape index (κ3) is 5.54. The fraction of sp³-hybridized carbons (Fsp3) is 0.500. The van der Waals surface area contributed by atoms with E-state index >= 15 is 0 Å². The fourth-order valence-corrected chi connectivity index (χ4v) is 4.37. The molecule has 2 fully saturated rings. The number of rotatable bonds is 8. The van der Waals surface area contributed by atoms with E-state index in [1.165, 1.54) is 6.42 Å². The largest absolute Gasteiger partial charge is 0.386 e. The molecule has 2 aliphatic heterocycles. The monoisotopic (exact) mass is 463 g/mol. The Kier molecular flexibility index (Phi) is 7.31. The van der Waals surface area contributed by atoms with Crippen molar-refractivity contribution in [1.29, 1.82) is 0 Å². The number of nitrogens with zero attached hydrogens (tertiary/aromatic N) is 2. The maximum absolute atomic E-state index is 13.2. The van der Waals surface area contributed by atoms with Crippen molar-refractivity contribution >= 4 is 5.91 Å². The normalized spacial score (nSPS) is 19.8. The van der Waals surface area contributed by atoms with Gasteiger partial charge in [0.1, 0.15) is 12.8 Å². The van der Waals surface area contributed by atoms with E-state index in [0.29, 0.717) is 5.56 Å². The van der Waals surface area contributed by atoms with Crippen molar-refractivity contribution in [2.24, 2.45) is 0 Å². The maximum atomic E-state index is 13.2. The number of likely N-dealkylation sites (tertiary alicyclic amines) is 1. The Morgan fingerprint density at radius 3 is 2.30 bits per heavy atom. The van der Waals surface area contributed by atoms with Gasteiger partial charge in [-0.1, -0.05) is 30.3 Å². The molecule has 33 heavy (non-hydrogen) atoms. The second-order valence-corrected chi connectivity index (χ2v) is 8.73. The Bertz CT molecular complexity index is 926. The number of hydrogen-bond acceptors (Lipinski definition) is 5. The summed E-state index contributed by atoms with van der Waals surface area (Å²) >= 11 is 0. The number of halogens is 3. The van der Waals surface area contributed by atoms with Crippen LogP contribution >= 0.6 is 0 Å². The second kappa shape index (κ2) is 10.2. The molecule has 1 aromatic carbocycles. The van der Waals surface area contributed by atoms with Gasteiger partial charge in [0.25, 0.3) is 5.91 Å². The molecule has 178 valence electrons. The number of nitrogens with one attached hydrogen (secondary N) is 1. The first-order valence-electron chi connectivity index (χ1n) is 11.1. The lowest BCUT2D eigenvalue weighted by molar-refractivity contribution is -0.173. The van der Waals surface area contributed by atoms with Crippen LogP contribution in [0.1, 0.15) is 36.6 Å². The van der Waals surface area contributed by atoms with Crippen LogP contribution in [0.4, 0.5) is 13.2 Å². The number of hydrogen-bond donors (Lipinski definition) is 2. The van der Waals surface area contributed by atoms with Crippen molar-refractivity contribution < 1.29 is 27.8 Å². The van der Waals surface area contributed by atoms with E-state index < -0.39 is 31.2 Å². The molecule has 9 heteroatoms. The van der Waals surface area contributed by atoms with E-state index in [1.807, 2.05) is 17.4 Å². The Balaban J connectivity index is 1.34. The molecular formula is C24H28F3N3O3. The van der Waals surface area contributed by atoms with Crippen LogP contribution in [0, 0.1) is 0 Å². The quantitative estimate of drug-likeness (QED) is 0.629. The minimum Gasteiger partial charge on any atom is -0.386 e. The van der Waals surface area contributed by atoms with Crippen molar-refractivity contribution in [3.8, 4) is 11.1 Å². The standard InChI is InChI=1S/C24H28F3N3O3/c25-13-20(29-23(32)22(26)27)21(31)17-3-1-16(2-4-17)18-5-6-19(28-14-18)15-30-10-7-24(8-11-30)9-12-33-24/h1-6,14,20-22,31H,7-13,15H2,(H,29,32). The van der Waals surface area contributed by atoms with Crippen LogP contribution in [-0.4, -0.2) is 65.3 Å². The molecule has 2 saturated heterocycles. The van der Waals surface area contributed by atoms with E-state index in [4.69, 9.17) is 4.74 Å². The SMILES string of the molecule is O=C(NC(CF)C(O)c1ccc(-c2ccc(CN3CCC4(CCO4)CC3)nc2)cc1)C(F)F. The highest BCUT2D eigenvalue weighted by atomic mass is 19.3. The van der Waals surface area contributed by atoms with Crippen LogP contribution in [0.2, 0.25) is 0 Å². The summed E-state index contributed by atoms with van der Waals surface area (Å²) in [7, 11) is 0. The number of benzene rings is 1. The van der Waals surface area contributed by atoms with E-state index in [2.05, 4.69) is 9.88 Å². The molecule has 2 unspecified atom stereocenters. The molecule has 1 aromatic heterocycles. The zero-order chi connectivity index (χ0) is 23.4. The second-order valence-electron chi connectivity index (χ2n) is 8.73. The number of aliphatic hydroxyl groups excluding tert-OH is 1. The lowest BCUT2D eigenvalue weighted by Crippen LogP contribution is -2.52. The van der Waals surface area contributed by atoms with Crippen LogP contribution in [0.3, 0.4) is 0 Å². The summed E-state index contributed by atoms with van der Waals surface area (Å²) in [5.41, 5.74) is 3.16. The molecule has 2 N–H and O–H groups in total. The summed E-state index contributed by atoms with van der Waals surface area (Å²) in [5, 5.41) is 12.1. The highest BCUT2D eigenvalue weighted by Gasteiger charge is 2.40. The molecule has 4 rings (SSSR count). The molecule has 3 heterocycles. The number of carbonyl (C=O) groups is 1. The predicted octanol–water partition coefficient (Wildman–Crippen LogP) is 3.26. The van der Waals surface area contributed by atoms with Crippen molar-refractivity contribution in [3.05, 3.63) is 53.9 Å². The van der Waals surface area contributed by atoms with Gasteiger partial charge in [-0.3, -0.25) is 14.7 Å². The molecule has 2 aromatic rings. The zero-order valence-electron chi connectivity index (χ0n) is 18.2. The van der Waals surface area contributed by atoms with Gasteiger partial charge < -0.3 is 15.2 Å². The fourth-order valence-electron chi connectivity index (χ4n) is 4.37. The predicted molar refractivity (Wildman–Crippen MR) is 116 cm³/mol. The first-order valence-corrected chi connectivity index (χ1v) is 11.1. The minimum atomic E-state index is -3.27. The number of amides is 1. The Morgan fingerprint density at radius 1 is 1.12 bits per heavy atom. The van der Waals surface area contributed by atoms with E-state index in [-0.39, 0.29) is 5.60 Å². The number of alkyl halides is 3. The van der Waals surface area contributed by atoms with Gasteiger partial charge in [0.05, 0.1) is 23.9 Å². The third-order valence-corrected chi connectivity index (χ3v) is 6.60. The Hall–Kier alpha value is -2.49. The smallest absolute Gasteiger partial charge is 0.315 e. The van der Waals surface area contributed by atoms with Crippen LogP contribution in [0.15, 0.2) is 42.6 Å². The van der Waals surface area contributed by atoms with Crippen molar-refractivity contribution in [1.82, 2.24) is 15.2 Å². The summed E-state index contributed by atoms with van der Waals surface area (Å²) in [5.74, 6) is -1.61. The topological polar surface area (TPSA) is 74.7 Å². The molecule has 6 nitrogen and oxygen atoms in total. The van der Waals surface area contributed by atoms with Gasteiger partial charge in [-0.15, -0.1) is 0 Å². The first kappa shape index (κ1) is 23.7. The van der Waals surface area contributed by atoms with Crippen LogP contribution < -0.4 is 5.32 Å². The molecule has 1 spiro atoms. The first-order chi connectivity index (χ1) is 15.9. The van der Waals surface area contributed by atoms with Gasteiger partial charge in [-0.25, -0.2) is 4.39 Å². The Morgan fingerprint density at radius 2 is 1.79 bits per heavy atom. The summed E-state index contributed by atoms with van der Waals surface area (Å²) in [6.45, 7) is 2.51. The van der Waals surface area contributed by atoms with Crippen molar-refractivity contribution in [2.75, 3.05) is 26.4 Å². The number of piperidine rings is 1. The number of carbonyl (C=O) groups excluding carboxylic acids is 1. The van der Waals surface area contributed by atoms with Gasteiger partial charge >= 0.3 is 6.43 Å². The number of aliphatic hydroxyl groups is 1. The average molecular weight is 464 g/mol. The molecule has 1 amide bonds. The lowest BCUT2D eigenvalue weighted by Gasteiger charge is -2.47. The molecular weight excluding hydrogens is 435 g/mol. The molecule has 2 aliphatic rings. The van der Waals surface area contributed by atoms with Gasteiger partial charge in [-0.2, -0.15) is 8.78 Å². The number of pyridine rings is 1. The van der Waals surface area contributed by atoms with Gasteiger partial charge in [-0.05, 0) is 36.5 Å². The average Bonchev–Trinajstić information content (AvgIpc) is 2.82. The summed E-state index contributed by atoms with van der Waals surface area (Å²) < 4.78 is 43.8. The Labute approximate surface area is 190 Å². The van der Waals surface area contributed by atoms with Gasteiger partial charge in [0.15, 0.2) is 0 Å². The van der Waals surface area contributed by atoms with Crippen LogP contribution in [0.25, 0.3) is 11.1 Å². The summed E-state index contributed by atoms with van der Waals surface area (Å²) in [6, 6.07) is 9.15. The summed E-state index contributed by atoms with van der Waals surface area (Å²) in [6.07, 6.45) is 0.377. The van der Waals surface area contributed by atoms with Crippen molar-refractivity contribution in [3.63, 3.8) is 0 Å². The number of aromatic nitrogens is 1. The summed E-state index contributed by atoms with van der Waals surface area (Å²) in [4.78, 5) is 18.1. The zero-order valence-corrected chi connectivity index (χ0v) is 18.2. The molecule has 2 atom stereocenters. The van der Waals surface area contributed by atoms with Crippen molar-refractivity contribution in [2.45, 2.75) is 50.0 Å². The van der Waals surface area contributed by atoms with E-state index in [0.717, 1.165) is 55.9 Å². The van der Waals surface area contributed by atoms with E-state index in [9.17, 15) is 23.1 Å². The highest BCUT2D eigenvalue weighted by Crippen LogP contribution is 2.37. The lowest BCUT2D eigenvalue weighted by atomic mass is 9.84. The van der Waals surface area contributed by atoms with Crippen LogP contribution in [-0.2, 0) is 16.1 Å². The van der Waals surface area contributed by atoms with Gasteiger partial charge in [0.2, 0.25) is 0 Å². The number of ether oxygens (including phenoxy) is 1. The third-order valence-electron chi connectivity index (χ3n) is 6.60. The highest BCUT2D eigenvalue weighted by molar-refractivity contribution is 5.79. The van der Waals surface area contributed by atoms with Crippen LogP contribution in [0.5, 0.6) is 0 Å².